The highest BCUT2D eigenvalue weighted by Gasteiger charge is 2.23. The molecule has 9 heavy (non-hydrogen) atoms. The Kier molecular flexibility index (Phi) is 2.97. The minimum atomic E-state index is -0.691. The van der Waals surface area contributed by atoms with Gasteiger partial charge in [0.25, 0.3) is 0 Å². The molecule has 54 valence electrons. The molecule has 1 rings (SSSR count). The summed E-state index contributed by atoms with van der Waals surface area (Å²) in [5, 5.41) is 8.33. The van der Waals surface area contributed by atoms with Gasteiger partial charge in [-0.15, -0.1) is 0 Å². The minimum Gasteiger partial charge on any atom is -0.430 e. The summed E-state index contributed by atoms with van der Waals surface area (Å²) in [6, 6.07) is 0. The van der Waals surface area contributed by atoms with E-state index in [0.29, 0.717) is 0 Å². The molecular formula is C4H8O5. The molecule has 0 radical (unpaired) electrons. The molecule has 0 bridgehead atoms. The van der Waals surface area contributed by atoms with E-state index in [9.17, 15) is 4.79 Å². The SMILES string of the molecule is O.O=C1OCC(CO)O1. The first-order valence-corrected chi connectivity index (χ1v) is 2.27. The van der Waals surface area contributed by atoms with E-state index in [0.717, 1.165) is 0 Å². The lowest BCUT2D eigenvalue weighted by Gasteiger charge is -1.96. The first-order valence-electron chi connectivity index (χ1n) is 2.27. The fourth-order valence-electron chi connectivity index (χ4n) is 0.455. The summed E-state index contributed by atoms with van der Waals surface area (Å²) in [4.78, 5) is 10.1. The van der Waals surface area contributed by atoms with Crippen molar-refractivity contribution in [3.05, 3.63) is 0 Å². The van der Waals surface area contributed by atoms with Crippen molar-refractivity contribution < 1.29 is 24.9 Å². The largest absolute Gasteiger partial charge is 0.508 e. The standard InChI is InChI=1S/C4H6O4.H2O/c5-1-3-2-7-4(6)8-3;/h3,5H,1-2H2;1H2. The van der Waals surface area contributed by atoms with Gasteiger partial charge in [0.05, 0.1) is 6.61 Å². The van der Waals surface area contributed by atoms with Crippen molar-refractivity contribution in [2.75, 3.05) is 13.2 Å². The van der Waals surface area contributed by atoms with Gasteiger partial charge in [-0.25, -0.2) is 4.79 Å². The zero-order valence-electron chi connectivity index (χ0n) is 4.66. The highest BCUT2D eigenvalue weighted by Crippen LogP contribution is 2.03. The highest BCUT2D eigenvalue weighted by atomic mass is 16.8. The molecule has 1 atom stereocenters. The number of hydrogen-bond donors (Lipinski definition) is 1. The van der Waals surface area contributed by atoms with Gasteiger partial charge in [-0.05, 0) is 0 Å². The summed E-state index contributed by atoms with van der Waals surface area (Å²) in [5.74, 6) is 0. The summed E-state index contributed by atoms with van der Waals surface area (Å²) >= 11 is 0. The number of carbonyl (C=O) groups is 1. The Labute approximate surface area is 51.5 Å². The number of aliphatic hydroxyl groups excluding tert-OH is 1. The van der Waals surface area contributed by atoms with Crippen LogP contribution in [0.1, 0.15) is 0 Å². The Morgan fingerprint density at radius 1 is 1.78 bits per heavy atom. The molecule has 0 aromatic rings. The molecule has 1 aliphatic heterocycles. The lowest BCUT2D eigenvalue weighted by atomic mass is 10.4. The fourth-order valence-corrected chi connectivity index (χ4v) is 0.455. The van der Waals surface area contributed by atoms with Crippen LogP contribution >= 0.6 is 0 Å². The van der Waals surface area contributed by atoms with Crippen molar-refractivity contribution in [1.82, 2.24) is 0 Å². The van der Waals surface area contributed by atoms with E-state index in [4.69, 9.17) is 5.11 Å². The molecule has 5 heteroatoms. The van der Waals surface area contributed by atoms with Gasteiger partial charge in [0.1, 0.15) is 6.61 Å². The number of carbonyl (C=O) groups excluding carboxylic acids is 1. The van der Waals surface area contributed by atoms with Gasteiger partial charge in [-0.1, -0.05) is 0 Å². The smallest absolute Gasteiger partial charge is 0.430 e. The van der Waals surface area contributed by atoms with E-state index in [-0.39, 0.29) is 18.7 Å². The first kappa shape index (κ1) is 8.19. The zero-order chi connectivity index (χ0) is 5.98. The van der Waals surface area contributed by atoms with E-state index >= 15 is 0 Å². The average molecular weight is 136 g/mol. The first-order chi connectivity index (χ1) is 3.83. The topological polar surface area (TPSA) is 87.3 Å². The van der Waals surface area contributed by atoms with E-state index < -0.39 is 12.3 Å². The Balaban J connectivity index is 0.000000640. The number of hydrogen-bond acceptors (Lipinski definition) is 4. The molecule has 1 unspecified atom stereocenters. The van der Waals surface area contributed by atoms with Crippen molar-refractivity contribution in [2.24, 2.45) is 0 Å². The third-order valence-corrected chi connectivity index (χ3v) is 0.854. The number of ether oxygens (including phenoxy) is 2. The third kappa shape index (κ3) is 1.87. The van der Waals surface area contributed by atoms with Gasteiger partial charge in [0.15, 0.2) is 6.10 Å². The predicted octanol–water partition coefficient (Wildman–Crippen LogP) is -1.31. The van der Waals surface area contributed by atoms with Crippen LogP contribution in [0.25, 0.3) is 0 Å². The Hall–Kier alpha value is -0.810. The number of rotatable bonds is 1. The monoisotopic (exact) mass is 136 g/mol. The summed E-state index contributed by atoms with van der Waals surface area (Å²) in [6.45, 7) is 0.0150. The minimum absolute atomic E-state index is 0. The molecular weight excluding hydrogens is 128 g/mol. The fraction of sp³-hybridized carbons (Fsp3) is 0.750. The van der Waals surface area contributed by atoms with Crippen LogP contribution in [0, 0.1) is 0 Å². The van der Waals surface area contributed by atoms with Crippen LogP contribution in [-0.2, 0) is 9.47 Å². The molecule has 1 heterocycles. The van der Waals surface area contributed by atoms with Gasteiger partial charge >= 0.3 is 6.16 Å². The lowest BCUT2D eigenvalue weighted by Crippen LogP contribution is -2.14. The second-order valence-corrected chi connectivity index (χ2v) is 1.48. The number of aliphatic hydroxyl groups is 1. The summed E-state index contributed by atoms with van der Waals surface area (Å²) in [6.07, 6.45) is -1.13. The van der Waals surface area contributed by atoms with Crippen LogP contribution in [0.5, 0.6) is 0 Å². The van der Waals surface area contributed by atoms with Crippen LogP contribution < -0.4 is 0 Å². The van der Waals surface area contributed by atoms with Crippen molar-refractivity contribution in [3.63, 3.8) is 0 Å². The van der Waals surface area contributed by atoms with E-state index in [2.05, 4.69) is 9.47 Å². The molecule has 1 saturated heterocycles. The summed E-state index contributed by atoms with van der Waals surface area (Å²) < 4.78 is 8.73. The third-order valence-electron chi connectivity index (χ3n) is 0.854. The van der Waals surface area contributed by atoms with Crippen LogP contribution in [0.4, 0.5) is 4.79 Å². The molecule has 5 nitrogen and oxygen atoms in total. The van der Waals surface area contributed by atoms with E-state index in [1.165, 1.54) is 0 Å². The zero-order valence-corrected chi connectivity index (χ0v) is 4.66. The predicted molar refractivity (Wildman–Crippen MR) is 26.9 cm³/mol. The van der Waals surface area contributed by atoms with Gasteiger partial charge < -0.3 is 20.1 Å². The maximum atomic E-state index is 10.1. The normalized spacial score (nSPS) is 24.1. The Bertz CT molecular complexity index is 101. The molecule has 1 fully saturated rings. The van der Waals surface area contributed by atoms with Crippen LogP contribution in [-0.4, -0.2) is 36.1 Å². The molecule has 0 aromatic heterocycles. The molecule has 3 N–H and O–H groups in total. The molecule has 0 aromatic carbocycles. The van der Waals surface area contributed by atoms with E-state index in [1.54, 1.807) is 0 Å². The van der Waals surface area contributed by atoms with Gasteiger partial charge in [-0.3, -0.25) is 0 Å². The van der Waals surface area contributed by atoms with Crippen molar-refractivity contribution in [2.45, 2.75) is 6.10 Å². The van der Waals surface area contributed by atoms with Gasteiger partial charge in [-0.2, -0.15) is 0 Å². The van der Waals surface area contributed by atoms with Crippen LogP contribution in [0.2, 0.25) is 0 Å². The van der Waals surface area contributed by atoms with Crippen LogP contribution in [0.15, 0.2) is 0 Å². The quantitative estimate of drug-likeness (QED) is 0.453. The molecule has 0 spiro atoms. The van der Waals surface area contributed by atoms with Gasteiger partial charge in [0.2, 0.25) is 0 Å². The molecule has 0 aliphatic carbocycles. The maximum absolute atomic E-state index is 10.1. The van der Waals surface area contributed by atoms with Crippen molar-refractivity contribution in [1.29, 1.82) is 0 Å². The van der Waals surface area contributed by atoms with Crippen molar-refractivity contribution >= 4 is 6.16 Å². The van der Waals surface area contributed by atoms with Crippen molar-refractivity contribution in [3.8, 4) is 0 Å². The lowest BCUT2D eigenvalue weighted by molar-refractivity contribution is 0.0919. The number of cyclic esters (lactones) is 2. The van der Waals surface area contributed by atoms with Gasteiger partial charge in [0, 0.05) is 0 Å². The highest BCUT2D eigenvalue weighted by molar-refractivity contribution is 5.61. The Morgan fingerprint density at radius 2 is 2.44 bits per heavy atom. The molecule has 1 aliphatic rings. The second-order valence-electron chi connectivity index (χ2n) is 1.48. The summed E-state index contributed by atoms with van der Waals surface area (Å²) in [7, 11) is 0. The second kappa shape index (κ2) is 3.26. The molecule has 0 saturated carbocycles. The van der Waals surface area contributed by atoms with Crippen LogP contribution in [0.3, 0.4) is 0 Å². The average Bonchev–Trinajstić information content (AvgIpc) is 2.14. The Morgan fingerprint density at radius 3 is 2.67 bits per heavy atom. The maximum Gasteiger partial charge on any atom is 0.508 e. The van der Waals surface area contributed by atoms with E-state index in [1.807, 2.05) is 0 Å². The molecule has 0 amide bonds. The summed E-state index contributed by atoms with van der Waals surface area (Å²) in [5.41, 5.74) is 0.